The number of hydrogen-bond acceptors (Lipinski definition) is 10. The highest BCUT2D eigenvalue weighted by Gasteiger charge is 2.40. The molecule has 1 unspecified atom stereocenters. The minimum atomic E-state index is -1.06. The molecule has 1 fully saturated rings. The summed E-state index contributed by atoms with van der Waals surface area (Å²) in [6, 6.07) is 20.1. The van der Waals surface area contributed by atoms with Crippen LogP contribution < -0.4 is 21.7 Å². The number of nitrogens with two attached hydrogens (primary N) is 1. The second-order valence-corrected chi connectivity index (χ2v) is 12.5. The summed E-state index contributed by atoms with van der Waals surface area (Å²) in [7, 11) is 1.29. The highest BCUT2D eigenvalue weighted by atomic mass is 32.2. The molecule has 3 aromatic rings. The molecule has 0 saturated carbocycles. The Hall–Kier alpha value is -3.97. The van der Waals surface area contributed by atoms with Crippen LogP contribution >= 0.6 is 11.8 Å². The molecule has 1 aliphatic heterocycles. The van der Waals surface area contributed by atoms with Crippen LogP contribution in [0.1, 0.15) is 30.4 Å². The number of methoxy groups -OCH3 is 1. The molecular formula is C35H45N5O6S. The number of thioether (sulfide) groups is 1. The average Bonchev–Trinajstić information content (AvgIpc) is 3.62. The monoisotopic (exact) mass is 663 g/mol. The van der Waals surface area contributed by atoms with Crippen molar-refractivity contribution >= 4 is 46.3 Å². The lowest BCUT2D eigenvalue weighted by atomic mass is 9.94. The SMILES string of the molecule is COC(=O)[C@H](CCSC)NC(=O)CN(Cc1cccc2ccccc12)C(C(=O)[C@H](CN)NC(=O)OCc1ccccc1)[C@@H]1CCCN1. The molecule has 5 N–H and O–H groups in total. The number of nitrogens with one attached hydrogen (secondary N) is 3. The topological polar surface area (TPSA) is 152 Å². The van der Waals surface area contributed by atoms with Crippen LogP contribution in [0.3, 0.4) is 0 Å². The van der Waals surface area contributed by atoms with E-state index in [1.807, 2.05) is 84.0 Å². The Morgan fingerprint density at radius 3 is 2.45 bits per heavy atom. The van der Waals surface area contributed by atoms with Crippen molar-refractivity contribution in [2.45, 2.75) is 56.6 Å². The standard InChI is InChI=1S/C35H45N5O6S/c1-45-34(43)29(17-19-47-2)38-31(41)22-40(21-26-14-8-13-25-12-6-7-15-27(25)26)32(28-16-9-18-37-28)33(42)30(20-36)39-35(44)46-23-24-10-4-3-5-11-24/h3-8,10-15,28-30,32,37H,9,16-23,36H2,1-2H3,(H,38,41)(H,39,44)/t28-,29-,30-,32?/m0/s1. The Kier molecular flexibility index (Phi) is 14.0. The predicted molar refractivity (Wildman–Crippen MR) is 184 cm³/mol. The lowest BCUT2D eigenvalue weighted by Gasteiger charge is -2.36. The summed E-state index contributed by atoms with van der Waals surface area (Å²) in [5.41, 5.74) is 7.83. The quantitative estimate of drug-likeness (QED) is 0.159. The first-order valence-electron chi connectivity index (χ1n) is 15.9. The Balaban J connectivity index is 1.62. The normalized spacial score (nSPS) is 16.3. The number of ketones is 1. The van der Waals surface area contributed by atoms with Gasteiger partial charge in [-0.2, -0.15) is 11.8 Å². The predicted octanol–water partition coefficient (Wildman–Crippen LogP) is 3.00. The molecule has 4 rings (SSSR count). The van der Waals surface area contributed by atoms with Gasteiger partial charge in [0.05, 0.1) is 19.7 Å². The lowest BCUT2D eigenvalue weighted by molar-refractivity contribution is -0.145. The number of rotatable bonds is 17. The molecule has 4 atom stereocenters. The first-order chi connectivity index (χ1) is 22.8. The van der Waals surface area contributed by atoms with Crippen LogP contribution in [0.25, 0.3) is 10.8 Å². The van der Waals surface area contributed by atoms with Crippen molar-refractivity contribution in [1.29, 1.82) is 0 Å². The van der Waals surface area contributed by atoms with Crippen molar-refractivity contribution in [2.24, 2.45) is 5.73 Å². The van der Waals surface area contributed by atoms with Crippen molar-refractivity contribution in [3.8, 4) is 0 Å². The number of esters is 1. The summed E-state index contributed by atoms with van der Waals surface area (Å²) in [4.78, 5) is 55.3. The molecule has 1 aliphatic rings. The maximum Gasteiger partial charge on any atom is 0.408 e. The van der Waals surface area contributed by atoms with Gasteiger partial charge in [0.1, 0.15) is 18.7 Å². The number of Topliss-reactive ketones (excluding diaryl/α,β-unsaturated/α-hetero) is 1. The zero-order valence-corrected chi connectivity index (χ0v) is 27.8. The molecule has 0 bridgehead atoms. The second kappa shape index (κ2) is 18.4. The van der Waals surface area contributed by atoms with E-state index in [9.17, 15) is 19.2 Å². The van der Waals surface area contributed by atoms with Crippen molar-refractivity contribution < 1.29 is 28.7 Å². The van der Waals surface area contributed by atoms with E-state index in [0.717, 1.165) is 28.3 Å². The number of hydrogen-bond donors (Lipinski definition) is 4. The smallest absolute Gasteiger partial charge is 0.408 e. The fourth-order valence-corrected chi connectivity index (χ4v) is 6.40. The first-order valence-corrected chi connectivity index (χ1v) is 17.2. The summed E-state index contributed by atoms with van der Waals surface area (Å²) in [5.74, 6) is -0.628. The minimum absolute atomic E-state index is 0.0387. The van der Waals surface area contributed by atoms with E-state index < -0.39 is 36.1 Å². The third kappa shape index (κ3) is 10.3. The van der Waals surface area contributed by atoms with Gasteiger partial charge in [-0.25, -0.2) is 9.59 Å². The molecule has 3 aromatic carbocycles. The molecule has 0 spiro atoms. The van der Waals surface area contributed by atoms with Crippen LogP contribution in [0.5, 0.6) is 0 Å². The number of nitrogens with zero attached hydrogens (tertiary/aromatic N) is 1. The molecule has 1 heterocycles. The summed E-state index contributed by atoms with van der Waals surface area (Å²) < 4.78 is 10.3. The van der Waals surface area contributed by atoms with Gasteiger partial charge in [-0.1, -0.05) is 72.8 Å². The van der Waals surface area contributed by atoms with E-state index in [0.29, 0.717) is 25.1 Å². The van der Waals surface area contributed by atoms with E-state index in [4.69, 9.17) is 15.2 Å². The molecule has 0 aromatic heterocycles. The number of amides is 2. The maximum atomic E-state index is 14.4. The van der Waals surface area contributed by atoms with Crippen LogP contribution in [-0.4, -0.2) is 91.6 Å². The Labute approximate surface area is 280 Å². The van der Waals surface area contributed by atoms with E-state index in [2.05, 4.69) is 16.0 Å². The maximum absolute atomic E-state index is 14.4. The summed E-state index contributed by atoms with van der Waals surface area (Å²) in [5, 5.41) is 11.0. The highest BCUT2D eigenvalue weighted by Crippen LogP contribution is 2.24. The third-order valence-electron chi connectivity index (χ3n) is 8.28. The van der Waals surface area contributed by atoms with Gasteiger partial charge in [-0.05, 0) is 59.7 Å². The van der Waals surface area contributed by atoms with Crippen molar-refractivity contribution in [2.75, 3.05) is 38.8 Å². The Morgan fingerprint density at radius 2 is 1.74 bits per heavy atom. The van der Waals surface area contributed by atoms with Crippen LogP contribution in [0, 0.1) is 0 Å². The van der Waals surface area contributed by atoms with Crippen molar-refractivity contribution in [3.63, 3.8) is 0 Å². The summed E-state index contributed by atoms with van der Waals surface area (Å²) >= 11 is 1.56. The zero-order chi connectivity index (χ0) is 33.6. The summed E-state index contributed by atoms with van der Waals surface area (Å²) in [6.45, 7) is 0.668. The van der Waals surface area contributed by atoms with Crippen LogP contribution in [0.2, 0.25) is 0 Å². The molecule has 1 saturated heterocycles. The van der Waals surface area contributed by atoms with Crippen molar-refractivity contribution in [1.82, 2.24) is 20.9 Å². The van der Waals surface area contributed by atoms with Gasteiger partial charge in [-0.15, -0.1) is 0 Å². The van der Waals surface area contributed by atoms with Gasteiger partial charge < -0.3 is 31.2 Å². The molecule has 0 radical (unpaired) electrons. The largest absolute Gasteiger partial charge is 0.467 e. The van der Waals surface area contributed by atoms with E-state index >= 15 is 0 Å². The van der Waals surface area contributed by atoms with Gasteiger partial charge in [0.2, 0.25) is 5.91 Å². The molecule has 0 aliphatic carbocycles. The lowest BCUT2D eigenvalue weighted by Crippen LogP contribution is -2.61. The van der Waals surface area contributed by atoms with Crippen LogP contribution in [-0.2, 0) is 37.0 Å². The molecule has 47 heavy (non-hydrogen) atoms. The number of alkyl carbamates (subject to hydrolysis) is 1. The molecule has 12 heteroatoms. The molecule has 11 nitrogen and oxygen atoms in total. The third-order valence-corrected chi connectivity index (χ3v) is 8.92. The van der Waals surface area contributed by atoms with Crippen LogP contribution in [0.4, 0.5) is 4.79 Å². The van der Waals surface area contributed by atoms with Gasteiger partial charge in [0, 0.05) is 19.1 Å². The van der Waals surface area contributed by atoms with Gasteiger partial charge in [-0.3, -0.25) is 14.5 Å². The van der Waals surface area contributed by atoms with Gasteiger partial charge in [0.15, 0.2) is 5.78 Å². The highest BCUT2D eigenvalue weighted by molar-refractivity contribution is 7.98. The fourth-order valence-electron chi connectivity index (χ4n) is 5.93. The van der Waals surface area contributed by atoms with E-state index in [-0.39, 0.29) is 38.1 Å². The first kappa shape index (κ1) is 35.9. The number of benzene rings is 3. The minimum Gasteiger partial charge on any atom is -0.467 e. The van der Waals surface area contributed by atoms with E-state index in [1.54, 1.807) is 11.8 Å². The molecule has 2 amide bonds. The molecule has 252 valence electrons. The number of ether oxygens (including phenoxy) is 2. The van der Waals surface area contributed by atoms with Gasteiger partial charge >= 0.3 is 12.1 Å². The zero-order valence-electron chi connectivity index (χ0n) is 27.0. The molecular weight excluding hydrogens is 618 g/mol. The Bertz CT molecular complexity index is 1480. The number of carbonyl (C=O) groups is 4. The van der Waals surface area contributed by atoms with Gasteiger partial charge in [0.25, 0.3) is 0 Å². The fraction of sp³-hybridized carbons (Fsp3) is 0.429. The van der Waals surface area contributed by atoms with Crippen LogP contribution in [0.15, 0.2) is 72.8 Å². The second-order valence-electron chi connectivity index (χ2n) is 11.5. The Morgan fingerprint density at radius 1 is 1.00 bits per heavy atom. The average molecular weight is 664 g/mol. The number of fused-ring (bicyclic) bond motifs is 1. The number of carbonyl (C=O) groups excluding carboxylic acids is 4. The van der Waals surface area contributed by atoms with Crippen molar-refractivity contribution in [3.05, 3.63) is 83.9 Å². The summed E-state index contributed by atoms with van der Waals surface area (Å²) in [6.07, 6.45) is 3.11. The van der Waals surface area contributed by atoms with E-state index in [1.165, 1.54) is 7.11 Å².